The molecule has 17 heavy (non-hydrogen) atoms. The molecule has 0 aliphatic heterocycles. The van der Waals surface area contributed by atoms with Crippen molar-refractivity contribution in [2.24, 2.45) is 5.92 Å². The van der Waals surface area contributed by atoms with E-state index in [-0.39, 0.29) is 11.6 Å². The van der Waals surface area contributed by atoms with E-state index in [1.54, 1.807) is 0 Å². The monoisotopic (exact) mass is 244 g/mol. The Hall–Kier alpha value is -0.120. The van der Waals surface area contributed by atoms with Crippen LogP contribution in [-0.2, 0) is 0 Å². The maximum atomic E-state index is 10.1. The van der Waals surface area contributed by atoms with Crippen molar-refractivity contribution < 1.29 is 5.11 Å². The average Bonchev–Trinajstić information content (AvgIpc) is 2.21. The van der Waals surface area contributed by atoms with Crippen molar-refractivity contribution in [2.75, 3.05) is 33.7 Å². The van der Waals surface area contributed by atoms with Crippen molar-refractivity contribution in [1.29, 1.82) is 0 Å². The predicted octanol–water partition coefficient (Wildman–Crippen LogP) is 2.06. The highest BCUT2D eigenvalue weighted by Gasteiger charge is 2.34. The van der Waals surface area contributed by atoms with Crippen LogP contribution in [0.2, 0.25) is 0 Å². The third-order valence-electron chi connectivity index (χ3n) is 3.74. The summed E-state index contributed by atoms with van der Waals surface area (Å²) in [5.74, 6) is 0.627. The first kappa shape index (κ1) is 16.9. The van der Waals surface area contributed by atoms with Crippen LogP contribution in [0.4, 0.5) is 0 Å². The fourth-order valence-electron chi connectivity index (χ4n) is 2.10. The van der Waals surface area contributed by atoms with Gasteiger partial charge in [0.1, 0.15) is 0 Å². The van der Waals surface area contributed by atoms with Crippen LogP contribution in [0.15, 0.2) is 0 Å². The molecule has 0 aromatic carbocycles. The van der Waals surface area contributed by atoms with E-state index in [1.807, 2.05) is 6.92 Å². The van der Waals surface area contributed by atoms with E-state index in [9.17, 15) is 5.11 Å². The summed E-state index contributed by atoms with van der Waals surface area (Å²) < 4.78 is 0. The number of aliphatic hydroxyl groups excluding tert-OH is 1. The van der Waals surface area contributed by atoms with Crippen LogP contribution >= 0.6 is 0 Å². The summed E-state index contributed by atoms with van der Waals surface area (Å²) in [5.41, 5.74) is -0.111. The van der Waals surface area contributed by atoms with Crippen LogP contribution in [0.3, 0.4) is 0 Å². The van der Waals surface area contributed by atoms with Gasteiger partial charge in [0.25, 0.3) is 0 Å². The van der Waals surface area contributed by atoms with Gasteiger partial charge in [0, 0.05) is 25.2 Å². The van der Waals surface area contributed by atoms with Crippen molar-refractivity contribution in [3.05, 3.63) is 0 Å². The molecule has 0 saturated heterocycles. The lowest BCUT2D eigenvalue weighted by Gasteiger charge is -2.44. The lowest BCUT2D eigenvalue weighted by Crippen LogP contribution is -2.56. The Morgan fingerprint density at radius 1 is 1.12 bits per heavy atom. The van der Waals surface area contributed by atoms with Gasteiger partial charge in [-0.1, -0.05) is 20.8 Å². The highest BCUT2D eigenvalue weighted by Crippen LogP contribution is 2.24. The molecular weight excluding hydrogens is 212 g/mol. The topological polar surface area (TPSA) is 26.7 Å². The minimum atomic E-state index is -0.298. The maximum absolute atomic E-state index is 10.1. The van der Waals surface area contributed by atoms with Crippen molar-refractivity contribution in [3.8, 4) is 0 Å². The molecule has 0 aliphatic rings. The van der Waals surface area contributed by atoms with Gasteiger partial charge >= 0.3 is 0 Å². The van der Waals surface area contributed by atoms with Gasteiger partial charge in [-0.25, -0.2) is 0 Å². The van der Waals surface area contributed by atoms with Crippen molar-refractivity contribution >= 4 is 0 Å². The number of hydrogen-bond acceptors (Lipinski definition) is 3. The molecule has 0 radical (unpaired) electrons. The lowest BCUT2D eigenvalue weighted by atomic mass is 9.89. The van der Waals surface area contributed by atoms with E-state index in [4.69, 9.17) is 0 Å². The molecule has 0 heterocycles. The second kappa shape index (κ2) is 7.34. The smallest absolute Gasteiger partial charge is 0.0692 e. The van der Waals surface area contributed by atoms with Crippen LogP contribution in [-0.4, -0.2) is 60.3 Å². The van der Waals surface area contributed by atoms with E-state index in [0.29, 0.717) is 5.92 Å². The second-order valence-electron chi connectivity index (χ2n) is 6.03. The molecule has 0 aliphatic carbocycles. The zero-order chi connectivity index (χ0) is 13.6. The predicted molar refractivity (Wildman–Crippen MR) is 75.3 cm³/mol. The SMILES string of the molecule is CCC(C)(C(C)O)N(CCN(C)C)CC(C)C. The molecule has 0 bridgehead atoms. The Kier molecular flexibility index (Phi) is 7.29. The molecular formula is C14H32N2O. The van der Waals surface area contributed by atoms with Crippen LogP contribution in [0, 0.1) is 5.92 Å². The fraction of sp³-hybridized carbons (Fsp3) is 1.00. The molecule has 0 rings (SSSR count). The lowest BCUT2D eigenvalue weighted by molar-refractivity contribution is -0.0228. The minimum absolute atomic E-state index is 0.111. The van der Waals surface area contributed by atoms with Gasteiger partial charge in [-0.15, -0.1) is 0 Å². The zero-order valence-electron chi connectivity index (χ0n) is 12.8. The van der Waals surface area contributed by atoms with Gasteiger partial charge in [0.2, 0.25) is 0 Å². The molecule has 0 aromatic heterocycles. The van der Waals surface area contributed by atoms with Crippen LogP contribution < -0.4 is 0 Å². The molecule has 0 amide bonds. The third-order valence-corrected chi connectivity index (χ3v) is 3.74. The summed E-state index contributed by atoms with van der Waals surface area (Å²) in [5, 5.41) is 10.1. The first-order valence-electron chi connectivity index (χ1n) is 6.81. The summed E-state index contributed by atoms with van der Waals surface area (Å²) in [6, 6.07) is 0. The molecule has 2 atom stereocenters. The molecule has 104 valence electrons. The second-order valence-corrected chi connectivity index (χ2v) is 6.03. The van der Waals surface area contributed by atoms with Crippen LogP contribution in [0.1, 0.15) is 41.0 Å². The summed E-state index contributed by atoms with van der Waals surface area (Å²) in [6.45, 7) is 13.8. The molecule has 3 nitrogen and oxygen atoms in total. The maximum Gasteiger partial charge on any atom is 0.0692 e. The van der Waals surface area contributed by atoms with E-state index < -0.39 is 0 Å². The first-order valence-corrected chi connectivity index (χ1v) is 6.81. The van der Waals surface area contributed by atoms with E-state index in [2.05, 4.69) is 51.6 Å². The molecule has 2 unspecified atom stereocenters. The van der Waals surface area contributed by atoms with Crippen LogP contribution in [0.25, 0.3) is 0 Å². The Morgan fingerprint density at radius 3 is 1.94 bits per heavy atom. The Morgan fingerprint density at radius 2 is 1.65 bits per heavy atom. The molecule has 0 fully saturated rings. The number of likely N-dealkylation sites (N-methyl/N-ethyl adjacent to an activating group) is 1. The minimum Gasteiger partial charge on any atom is -0.391 e. The Labute approximate surface area is 108 Å². The average molecular weight is 244 g/mol. The van der Waals surface area contributed by atoms with Crippen molar-refractivity contribution in [2.45, 2.75) is 52.7 Å². The van der Waals surface area contributed by atoms with Gasteiger partial charge < -0.3 is 10.0 Å². The molecule has 0 saturated carbocycles. The standard InChI is InChI=1S/C14H32N2O/c1-8-14(5,13(4)17)16(11-12(2)3)10-9-15(6)7/h12-13,17H,8-11H2,1-7H3. The van der Waals surface area contributed by atoms with Crippen molar-refractivity contribution in [1.82, 2.24) is 9.80 Å². The van der Waals surface area contributed by atoms with Gasteiger partial charge in [0.15, 0.2) is 0 Å². The van der Waals surface area contributed by atoms with Gasteiger partial charge in [-0.2, -0.15) is 0 Å². The number of hydrogen-bond donors (Lipinski definition) is 1. The summed E-state index contributed by atoms with van der Waals surface area (Å²) in [4.78, 5) is 4.65. The van der Waals surface area contributed by atoms with Crippen LogP contribution in [0.5, 0.6) is 0 Å². The summed E-state index contributed by atoms with van der Waals surface area (Å²) >= 11 is 0. The largest absolute Gasteiger partial charge is 0.391 e. The highest BCUT2D eigenvalue weighted by molar-refractivity contribution is 4.90. The number of aliphatic hydroxyl groups is 1. The summed E-state index contributed by atoms with van der Waals surface area (Å²) in [6.07, 6.45) is 0.679. The normalized spacial score (nSPS) is 17.8. The zero-order valence-corrected chi connectivity index (χ0v) is 12.8. The number of rotatable bonds is 8. The Bertz CT molecular complexity index is 204. The molecule has 0 spiro atoms. The number of nitrogens with zero attached hydrogens (tertiary/aromatic N) is 2. The first-order chi connectivity index (χ1) is 7.74. The Balaban J connectivity index is 4.74. The fourth-order valence-corrected chi connectivity index (χ4v) is 2.10. The molecule has 1 N–H and O–H groups in total. The van der Waals surface area contributed by atoms with Gasteiger partial charge in [-0.3, -0.25) is 4.90 Å². The quantitative estimate of drug-likeness (QED) is 0.708. The van der Waals surface area contributed by atoms with E-state index in [1.165, 1.54) is 0 Å². The third kappa shape index (κ3) is 5.36. The molecule has 3 heteroatoms. The highest BCUT2D eigenvalue weighted by atomic mass is 16.3. The molecule has 0 aromatic rings. The summed E-state index contributed by atoms with van der Waals surface area (Å²) in [7, 11) is 4.19. The van der Waals surface area contributed by atoms with Crippen molar-refractivity contribution in [3.63, 3.8) is 0 Å². The van der Waals surface area contributed by atoms with Gasteiger partial charge in [-0.05, 0) is 40.3 Å². The van der Waals surface area contributed by atoms with E-state index >= 15 is 0 Å². The van der Waals surface area contributed by atoms with Gasteiger partial charge in [0.05, 0.1) is 6.10 Å². The van der Waals surface area contributed by atoms with E-state index in [0.717, 1.165) is 26.1 Å².